The van der Waals surface area contributed by atoms with E-state index in [2.05, 4.69) is 29.1 Å². The third kappa shape index (κ3) is 5.76. The van der Waals surface area contributed by atoms with Gasteiger partial charge in [-0.2, -0.15) is 5.26 Å². The molecule has 1 aromatic carbocycles. The second-order valence-electron chi connectivity index (χ2n) is 6.01. The summed E-state index contributed by atoms with van der Waals surface area (Å²) in [6.45, 7) is 4.26. The zero-order valence-electron chi connectivity index (χ0n) is 14.3. The molecule has 0 aliphatic heterocycles. The molecule has 3 N–H and O–H groups in total. The highest BCUT2D eigenvalue weighted by molar-refractivity contribution is 7.99. The van der Waals surface area contributed by atoms with Gasteiger partial charge in [-0.3, -0.25) is 4.79 Å². The minimum atomic E-state index is -0.0916. The number of hydrogen-bond acceptors (Lipinski definition) is 6. The van der Waals surface area contributed by atoms with E-state index in [-0.39, 0.29) is 29.1 Å². The lowest BCUT2D eigenvalue weighted by molar-refractivity contribution is -0.119. The molecule has 1 aromatic heterocycles. The van der Waals surface area contributed by atoms with Crippen LogP contribution in [-0.4, -0.2) is 21.6 Å². The van der Waals surface area contributed by atoms with Crippen LogP contribution in [0.5, 0.6) is 0 Å². The lowest BCUT2D eigenvalue weighted by Crippen LogP contribution is -2.30. The Morgan fingerprint density at radius 1 is 1.36 bits per heavy atom. The van der Waals surface area contributed by atoms with Gasteiger partial charge in [-0.1, -0.05) is 55.9 Å². The van der Waals surface area contributed by atoms with Crippen molar-refractivity contribution in [3.8, 4) is 6.07 Å². The van der Waals surface area contributed by atoms with Crippen molar-refractivity contribution < 1.29 is 4.79 Å². The first-order valence-electron chi connectivity index (χ1n) is 7.99. The van der Waals surface area contributed by atoms with Crippen LogP contribution < -0.4 is 11.1 Å². The van der Waals surface area contributed by atoms with Crippen LogP contribution >= 0.6 is 11.8 Å². The highest BCUT2D eigenvalue weighted by Gasteiger charge is 2.16. The Morgan fingerprint density at radius 2 is 2.08 bits per heavy atom. The molecule has 1 unspecified atom stereocenters. The Bertz CT molecular complexity index is 758. The van der Waals surface area contributed by atoms with E-state index >= 15 is 0 Å². The maximum Gasteiger partial charge on any atom is 0.230 e. The van der Waals surface area contributed by atoms with Crippen molar-refractivity contribution >= 4 is 23.5 Å². The standard InChI is InChI=1S/C18H21N5OS/c1-12(2)8-15(13-6-4-3-5-7-13)22-16(24)11-25-18-21-10-14(9-19)17(20)23-18/h3-7,10,12,15H,8,11H2,1-2H3,(H,22,24)(H2,20,21,23). The van der Waals surface area contributed by atoms with Crippen molar-refractivity contribution in [1.82, 2.24) is 15.3 Å². The number of amides is 1. The second-order valence-corrected chi connectivity index (χ2v) is 6.95. The first kappa shape index (κ1) is 18.7. The van der Waals surface area contributed by atoms with Crippen molar-refractivity contribution in [3.63, 3.8) is 0 Å². The lowest BCUT2D eigenvalue weighted by atomic mass is 9.97. The molecule has 1 heterocycles. The monoisotopic (exact) mass is 355 g/mol. The van der Waals surface area contributed by atoms with Crippen molar-refractivity contribution in [1.29, 1.82) is 5.26 Å². The average molecular weight is 355 g/mol. The quantitative estimate of drug-likeness (QED) is 0.584. The fraction of sp³-hybridized carbons (Fsp3) is 0.333. The number of carbonyl (C=O) groups excluding carboxylic acids is 1. The molecule has 6 nitrogen and oxygen atoms in total. The summed E-state index contributed by atoms with van der Waals surface area (Å²) in [4.78, 5) is 20.4. The van der Waals surface area contributed by atoms with E-state index < -0.39 is 0 Å². The Labute approximate surface area is 151 Å². The third-order valence-corrected chi connectivity index (χ3v) is 4.35. The Balaban J connectivity index is 1.97. The first-order chi connectivity index (χ1) is 12.0. The van der Waals surface area contributed by atoms with Crippen LogP contribution in [-0.2, 0) is 4.79 Å². The third-order valence-electron chi connectivity index (χ3n) is 3.49. The number of aromatic nitrogens is 2. The van der Waals surface area contributed by atoms with Crippen LogP contribution in [0.25, 0.3) is 0 Å². The molecule has 0 fully saturated rings. The zero-order chi connectivity index (χ0) is 18.2. The van der Waals surface area contributed by atoms with Crippen LogP contribution in [0, 0.1) is 17.2 Å². The van der Waals surface area contributed by atoms with E-state index in [9.17, 15) is 4.79 Å². The van der Waals surface area contributed by atoms with Gasteiger partial charge in [0, 0.05) is 0 Å². The molecule has 1 atom stereocenters. The SMILES string of the molecule is CC(C)CC(NC(=O)CSc1ncc(C#N)c(N)n1)c1ccccc1. The Morgan fingerprint density at radius 3 is 2.68 bits per heavy atom. The molecule has 2 aromatic rings. The fourth-order valence-electron chi connectivity index (χ4n) is 2.33. The molecule has 0 saturated heterocycles. The van der Waals surface area contributed by atoms with E-state index in [1.807, 2.05) is 36.4 Å². The van der Waals surface area contributed by atoms with Gasteiger partial charge in [0.15, 0.2) is 5.16 Å². The second kappa shape index (κ2) is 9.04. The summed E-state index contributed by atoms with van der Waals surface area (Å²) < 4.78 is 0. The van der Waals surface area contributed by atoms with Crippen LogP contribution in [0.1, 0.15) is 37.4 Å². The summed E-state index contributed by atoms with van der Waals surface area (Å²) in [5, 5.41) is 12.3. The molecule has 0 aliphatic rings. The van der Waals surface area contributed by atoms with Crippen molar-refractivity contribution in [3.05, 3.63) is 47.7 Å². The number of nitrogens with zero attached hydrogens (tertiary/aromatic N) is 3. The summed E-state index contributed by atoms with van der Waals surface area (Å²) in [7, 11) is 0. The van der Waals surface area contributed by atoms with Gasteiger partial charge in [-0.25, -0.2) is 9.97 Å². The van der Waals surface area contributed by atoms with Crippen LogP contribution in [0.3, 0.4) is 0 Å². The maximum absolute atomic E-state index is 12.3. The fourth-order valence-corrected chi connectivity index (χ4v) is 2.97. The van der Waals surface area contributed by atoms with Gasteiger partial charge in [0.05, 0.1) is 18.0 Å². The van der Waals surface area contributed by atoms with Gasteiger partial charge in [-0.15, -0.1) is 0 Å². The van der Waals surface area contributed by atoms with Gasteiger partial charge in [0.25, 0.3) is 0 Å². The Kier molecular flexibility index (Phi) is 6.78. The zero-order valence-corrected chi connectivity index (χ0v) is 15.1. The van der Waals surface area contributed by atoms with E-state index in [0.29, 0.717) is 11.1 Å². The van der Waals surface area contributed by atoms with Crippen LogP contribution in [0.4, 0.5) is 5.82 Å². The number of nitrogens with two attached hydrogens (primary N) is 1. The number of carbonyl (C=O) groups is 1. The summed E-state index contributed by atoms with van der Waals surface area (Å²) >= 11 is 1.19. The van der Waals surface area contributed by atoms with Gasteiger partial charge >= 0.3 is 0 Å². The van der Waals surface area contributed by atoms with E-state index in [1.54, 1.807) is 0 Å². The van der Waals surface area contributed by atoms with Gasteiger partial charge < -0.3 is 11.1 Å². The molecule has 0 spiro atoms. The molecule has 130 valence electrons. The molecule has 2 rings (SSSR count). The number of benzene rings is 1. The van der Waals surface area contributed by atoms with Crippen LogP contribution in [0.2, 0.25) is 0 Å². The van der Waals surface area contributed by atoms with E-state index in [4.69, 9.17) is 11.0 Å². The Hall–Kier alpha value is -2.59. The van der Waals surface area contributed by atoms with E-state index in [1.165, 1.54) is 18.0 Å². The van der Waals surface area contributed by atoms with Gasteiger partial charge in [0.2, 0.25) is 5.91 Å². The number of rotatable bonds is 7. The van der Waals surface area contributed by atoms with Crippen molar-refractivity contribution in [2.75, 3.05) is 11.5 Å². The number of hydrogen-bond donors (Lipinski definition) is 2. The predicted octanol–water partition coefficient (Wildman–Crippen LogP) is 2.93. The molecule has 0 bridgehead atoms. The van der Waals surface area contributed by atoms with Gasteiger partial charge in [-0.05, 0) is 17.9 Å². The van der Waals surface area contributed by atoms with Crippen LogP contribution in [0.15, 0.2) is 41.7 Å². The highest BCUT2D eigenvalue weighted by Crippen LogP contribution is 2.22. The van der Waals surface area contributed by atoms with Gasteiger partial charge in [0.1, 0.15) is 17.5 Å². The maximum atomic E-state index is 12.3. The molecule has 1 amide bonds. The highest BCUT2D eigenvalue weighted by atomic mass is 32.2. The summed E-state index contributed by atoms with van der Waals surface area (Å²) in [5.74, 6) is 0.681. The molecular weight excluding hydrogens is 334 g/mol. The lowest BCUT2D eigenvalue weighted by Gasteiger charge is -2.21. The molecule has 0 aliphatic carbocycles. The van der Waals surface area contributed by atoms with E-state index in [0.717, 1.165) is 12.0 Å². The number of anilines is 1. The number of thioether (sulfide) groups is 1. The topological polar surface area (TPSA) is 105 Å². The average Bonchev–Trinajstić information content (AvgIpc) is 2.60. The summed E-state index contributed by atoms with van der Waals surface area (Å²) in [6, 6.07) is 11.8. The van der Waals surface area contributed by atoms with Crippen molar-refractivity contribution in [2.45, 2.75) is 31.5 Å². The minimum absolute atomic E-state index is 0.0266. The first-order valence-corrected chi connectivity index (χ1v) is 8.98. The number of nitrogens with one attached hydrogen (secondary N) is 1. The largest absolute Gasteiger partial charge is 0.382 e. The number of nitrogen functional groups attached to an aromatic ring is 1. The predicted molar refractivity (Wildman–Crippen MR) is 98.7 cm³/mol. The smallest absolute Gasteiger partial charge is 0.230 e. The number of nitriles is 1. The summed E-state index contributed by atoms with van der Waals surface area (Å²) in [5.41, 5.74) is 6.98. The minimum Gasteiger partial charge on any atom is -0.382 e. The normalized spacial score (nSPS) is 11.8. The molecule has 25 heavy (non-hydrogen) atoms. The molecule has 0 saturated carbocycles. The molecule has 7 heteroatoms. The van der Waals surface area contributed by atoms with Crippen molar-refractivity contribution in [2.24, 2.45) is 5.92 Å². The molecule has 0 radical (unpaired) electrons. The molecular formula is C18H21N5OS. The summed E-state index contributed by atoms with van der Waals surface area (Å²) in [6.07, 6.45) is 2.23.